The van der Waals surface area contributed by atoms with Crippen molar-refractivity contribution in [2.24, 2.45) is 5.73 Å². The number of nitrogens with zero attached hydrogens (tertiary/aromatic N) is 4. The van der Waals surface area contributed by atoms with Gasteiger partial charge in [0.1, 0.15) is 47.7 Å². The lowest BCUT2D eigenvalue weighted by molar-refractivity contribution is -0.138. The van der Waals surface area contributed by atoms with E-state index in [0.29, 0.717) is 29.1 Å². The number of ether oxygens (including phenoxy) is 1. The highest BCUT2D eigenvalue weighted by molar-refractivity contribution is 7.96. The number of nitrogens with two attached hydrogens (primary N) is 2. The highest BCUT2D eigenvalue weighted by atomic mass is 32.2. The van der Waals surface area contributed by atoms with Crippen molar-refractivity contribution in [3.8, 4) is 0 Å². The molecule has 1 fully saturated rings. The second-order valence-electron chi connectivity index (χ2n) is 6.51. The van der Waals surface area contributed by atoms with Crippen molar-refractivity contribution in [1.29, 1.82) is 0 Å². The molecule has 3 unspecified atom stereocenters. The number of aliphatic carboxylic acids is 1. The van der Waals surface area contributed by atoms with Gasteiger partial charge >= 0.3 is 5.97 Å². The Balaban J connectivity index is 1.68. The van der Waals surface area contributed by atoms with Gasteiger partial charge in [0.15, 0.2) is 17.7 Å². The average molecular weight is 399 g/mol. The first-order valence-corrected chi connectivity index (χ1v) is 10.3. The van der Waals surface area contributed by atoms with E-state index in [2.05, 4.69) is 15.0 Å². The maximum atomic E-state index is 10.8. The van der Waals surface area contributed by atoms with Crippen LogP contribution >= 0.6 is 0 Å². The third-order valence-corrected chi connectivity index (χ3v) is 6.37. The summed E-state index contributed by atoms with van der Waals surface area (Å²) in [6.45, 7) is 0. The number of carbonyl (C=O) groups is 1. The lowest BCUT2D eigenvalue weighted by atomic mass is 10.1. The fourth-order valence-corrected chi connectivity index (χ4v) is 4.63. The summed E-state index contributed by atoms with van der Waals surface area (Å²) >= 11 is 0. The third kappa shape index (κ3) is 3.99. The van der Waals surface area contributed by atoms with E-state index in [9.17, 15) is 15.0 Å². The molecule has 2 aromatic rings. The Morgan fingerprint density at radius 3 is 2.81 bits per heavy atom. The van der Waals surface area contributed by atoms with Gasteiger partial charge in [0.25, 0.3) is 0 Å². The van der Waals surface area contributed by atoms with Gasteiger partial charge in [0.2, 0.25) is 0 Å². The Kier molecular flexibility index (Phi) is 5.81. The zero-order valence-corrected chi connectivity index (χ0v) is 15.5. The lowest BCUT2D eigenvalue weighted by Gasteiger charge is -2.16. The summed E-state index contributed by atoms with van der Waals surface area (Å²) in [5.41, 5.74) is 12.1. The van der Waals surface area contributed by atoms with Crippen LogP contribution in [0.4, 0.5) is 5.82 Å². The van der Waals surface area contributed by atoms with E-state index < -0.39 is 36.6 Å². The summed E-state index contributed by atoms with van der Waals surface area (Å²) in [7, 11) is -0.235. The van der Waals surface area contributed by atoms with E-state index >= 15 is 0 Å². The predicted molar refractivity (Wildman–Crippen MR) is 98.9 cm³/mol. The summed E-state index contributed by atoms with van der Waals surface area (Å²) in [6.07, 6.45) is 1.31. The first-order chi connectivity index (χ1) is 12.8. The van der Waals surface area contributed by atoms with Crippen LogP contribution in [0.25, 0.3) is 11.2 Å². The van der Waals surface area contributed by atoms with E-state index in [1.54, 1.807) is 0 Å². The number of aliphatic hydroxyl groups excluding tert-OH is 2. The standard InChI is InChI=1S/C15H22N6O5S/c1-27(3-2-7(16)15(24)25)4-8-10(22)11(23)14(26-8)21-6-20-9-12(17)18-5-19-13(9)21/h5-8,10-11,14,22-23H,2-4,16H2,1H3,(H2-,17,18,19,24,25)/p+1/t7?,8-,10?,11+,14-,27?/m1/s1. The summed E-state index contributed by atoms with van der Waals surface area (Å²) in [6, 6.07) is -0.907. The number of carboxylic acids is 1. The number of aromatic nitrogens is 4. The number of imidazole rings is 1. The second kappa shape index (κ2) is 7.94. The van der Waals surface area contributed by atoms with Crippen LogP contribution in [-0.4, -0.2) is 82.9 Å². The van der Waals surface area contributed by atoms with Gasteiger partial charge in [-0.05, 0) is 10.9 Å². The molecule has 1 aliphatic heterocycles. The molecule has 1 saturated heterocycles. The van der Waals surface area contributed by atoms with Crippen molar-refractivity contribution < 1.29 is 24.9 Å². The van der Waals surface area contributed by atoms with Gasteiger partial charge in [-0.1, -0.05) is 0 Å². The van der Waals surface area contributed by atoms with Gasteiger partial charge in [-0.25, -0.2) is 15.0 Å². The Bertz CT molecular complexity index is 819. The molecule has 0 saturated carbocycles. The minimum absolute atomic E-state index is 0.216. The van der Waals surface area contributed by atoms with E-state index in [0.717, 1.165) is 0 Å². The van der Waals surface area contributed by atoms with Crippen molar-refractivity contribution in [2.75, 3.05) is 23.5 Å². The topological polar surface area (TPSA) is 183 Å². The number of hydrogen-bond acceptors (Lipinski definition) is 9. The molecular weight excluding hydrogens is 376 g/mol. The SMILES string of the molecule is C[S+](CCC(N)C(=O)O)C[C@H]1O[C@@H](n2cnc3c(N)ncnc32)[C@@H](O)C1O. The van der Waals surface area contributed by atoms with Crippen LogP contribution in [0.5, 0.6) is 0 Å². The normalized spacial score (nSPS) is 27.7. The molecule has 1 aliphatic rings. The van der Waals surface area contributed by atoms with E-state index in [4.69, 9.17) is 21.3 Å². The second-order valence-corrected chi connectivity index (χ2v) is 8.82. The molecule has 3 heterocycles. The number of nitrogen functional groups attached to an aromatic ring is 1. The average Bonchev–Trinajstić information content (AvgIpc) is 3.17. The highest BCUT2D eigenvalue weighted by Gasteiger charge is 2.46. The van der Waals surface area contributed by atoms with Crippen molar-refractivity contribution in [1.82, 2.24) is 19.5 Å². The minimum Gasteiger partial charge on any atom is -0.480 e. The van der Waals surface area contributed by atoms with Gasteiger partial charge in [-0.2, -0.15) is 0 Å². The molecule has 0 aliphatic carbocycles. The largest absolute Gasteiger partial charge is 0.480 e. The number of carboxylic acid groups (broad SMARTS) is 1. The van der Waals surface area contributed by atoms with Gasteiger partial charge in [0.05, 0.1) is 12.6 Å². The molecule has 2 aromatic heterocycles. The molecule has 6 atom stereocenters. The number of anilines is 1. The summed E-state index contributed by atoms with van der Waals surface area (Å²) in [5, 5.41) is 29.7. The van der Waals surface area contributed by atoms with Crippen LogP contribution < -0.4 is 11.5 Å². The molecule has 7 N–H and O–H groups in total. The van der Waals surface area contributed by atoms with Crippen LogP contribution in [0, 0.1) is 0 Å². The summed E-state index contributed by atoms with van der Waals surface area (Å²) in [4.78, 5) is 23.0. The minimum atomic E-state index is -1.16. The monoisotopic (exact) mass is 399 g/mol. The van der Waals surface area contributed by atoms with E-state index in [1.807, 2.05) is 6.26 Å². The summed E-state index contributed by atoms with van der Waals surface area (Å²) < 4.78 is 7.41. The van der Waals surface area contributed by atoms with Crippen molar-refractivity contribution in [3.63, 3.8) is 0 Å². The van der Waals surface area contributed by atoms with Crippen LogP contribution in [-0.2, 0) is 20.4 Å². The van der Waals surface area contributed by atoms with E-state index in [-0.39, 0.29) is 16.7 Å². The zero-order valence-electron chi connectivity index (χ0n) is 14.7. The molecule has 0 spiro atoms. The molecular formula is C15H23N6O5S+. The fraction of sp³-hybridized carbons (Fsp3) is 0.600. The van der Waals surface area contributed by atoms with Crippen molar-refractivity contribution in [3.05, 3.63) is 12.7 Å². The first kappa shape index (κ1) is 19.8. The molecule has 0 amide bonds. The van der Waals surface area contributed by atoms with Gasteiger partial charge in [-0.15, -0.1) is 0 Å². The van der Waals surface area contributed by atoms with Gasteiger partial charge < -0.3 is 31.5 Å². The molecule has 148 valence electrons. The molecule has 3 rings (SSSR count). The first-order valence-electron chi connectivity index (χ1n) is 8.31. The highest BCUT2D eigenvalue weighted by Crippen LogP contribution is 2.32. The van der Waals surface area contributed by atoms with Crippen LogP contribution in [0.1, 0.15) is 12.6 Å². The van der Waals surface area contributed by atoms with Crippen LogP contribution in [0.2, 0.25) is 0 Å². The molecule has 11 nitrogen and oxygen atoms in total. The zero-order chi connectivity index (χ0) is 19.7. The number of fused-ring (bicyclic) bond motifs is 1. The summed E-state index contributed by atoms with van der Waals surface area (Å²) in [5.74, 6) is 0.254. The number of hydrogen-bond donors (Lipinski definition) is 5. The van der Waals surface area contributed by atoms with Crippen molar-refractivity contribution in [2.45, 2.75) is 37.0 Å². The molecule has 12 heteroatoms. The van der Waals surface area contributed by atoms with Crippen molar-refractivity contribution >= 4 is 33.8 Å². The van der Waals surface area contributed by atoms with Gasteiger partial charge in [-0.3, -0.25) is 9.36 Å². The van der Waals surface area contributed by atoms with E-state index in [1.165, 1.54) is 17.2 Å². The quantitative estimate of drug-likeness (QED) is 0.329. The molecule has 0 bridgehead atoms. The molecule has 0 aromatic carbocycles. The Hall–Kier alpha value is -1.99. The Labute approximate surface area is 157 Å². The van der Waals surface area contributed by atoms with Crippen LogP contribution in [0.15, 0.2) is 12.7 Å². The van der Waals surface area contributed by atoms with Crippen LogP contribution in [0.3, 0.4) is 0 Å². The predicted octanol–water partition coefficient (Wildman–Crippen LogP) is -1.92. The Morgan fingerprint density at radius 1 is 1.37 bits per heavy atom. The molecule has 0 radical (unpaired) electrons. The lowest BCUT2D eigenvalue weighted by Crippen LogP contribution is -2.37. The number of aliphatic hydroxyl groups is 2. The smallest absolute Gasteiger partial charge is 0.320 e. The maximum absolute atomic E-state index is 10.8. The third-order valence-electron chi connectivity index (χ3n) is 4.54. The number of rotatable bonds is 7. The maximum Gasteiger partial charge on any atom is 0.320 e. The fourth-order valence-electron chi connectivity index (χ4n) is 2.97. The molecule has 27 heavy (non-hydrogen) atoms. The Morgan fingerprint density at radius 2 is 2.11 bits per heavy atom. The van der Waals surface area contributed by atoms with Gasteiger partial charge in [0, 0.05) is 6.42 Å².